The fourth-order valence-corrected chi connectivity index (χ4v) is 2.11. The molecule has 0 aliphatic heterocycles. The standard InChI is InChI=1S/C13H10INO.C2H6/c1-3-11-12(15)5-4-9-7-10(16-14)6-8(2)13(9)11;1-2/h1,4-7H,15H2,2H3;1-2H3. The van der Waals surface area contributed by atoms with Gasteiger partial charge in [-0.05, 0) is 36.1 Å². The zero-order chi connectivity index (χ0) is 13.7. The highest BCUT2D eigenvalue weighted by molar-refractivity contribution is 14.1. The highest BCUT2D eigenvalue weighted by atomic mass is 127. The number of halogens is 1. The van der Waals surface area contributed by atoms with Gasteiger partial charge in [-0.3, -0.25) is 0 Å². The number of terminal acetylenes is 1. The Kier molecular flexibility index (Phi) is 5.29. The molecule has 0 atom stereocenters. The number of hydrogen-bond donors (Lipinski definition) is 1. The van der Waals surface area contributed by atoms with E-state index in [1.54, 1.807) is 0 Å². The van der Waals surface area contributed by atoms with E-state index in [1.807, 2.05) is 68.0 Å². The van der Waals surface area contributed by atoms with Crippen molar-refractivity contribution in [2.45, 2.75) is 20.8 Å². The first kappa shape index (κ1) is 14.7. The summed E-state index contributed by atoms with van der Waals surface area (Å²) in [6, 6.07) is 7.69. The third-order valence-corrected chi connectivity index (χ3v) is 3.06. The molecule has 0 saturated carbocycles. The first-order valence-electron chi connectivity index (χ1n) is 5.75. The van der Waals surface area contributed by atoms with E-state index in [0.29, 0.717) is 5.69 Å². The quantitative estimate of drug-likeness (QED) is 0.467. The van der Waals surface area contributed by atoms with Crippen molar-refractivity contribution in [2.24, 2.45) is 0 Å². The van der Waals surface area contributed by atoms with E-state index in [2.05, 4.69) is 5.92 Å². The lowest BCUT2D eigenvalue weighted by Crippen LogP contribution is -1.93. The lowest BCUT2D eigenvalue weighted by Gasteiger charge is -2.09. The first-order chi connectivity index (χ1) is 8.67. The Bertz CT molecular complexity index is 599. The van der Waals surface area contributed by atoms with E-state index < -0.39 is 0 Å². The topological polar surface area (TPSA) is 35.2 Å². The molecule has 0 saturated heterocycles. The number of nitrogens with two attached hydrogens (primary N) is 1. The molecule has 94 valence electrons. The van der Waals surface area contributed by atoms with Gasteiger partial charge < -0.3 is 8.80 Å². The largest absolute Gasteiger partial charge is 0.428 e. The maximum atomic E-state index is 5.86. The van der Waals surface area contributed by atoms with Crippen LogP contribution in [0.15, 0.2) is 24.3 Å². The Balaban J connectivity index is 0.000000771. The van der Waals surface area contributed by atoms with Crippen molar-refractivity contribution < 1.29 is 3.07 Å². The number of nitrogen functional groups attached to an aromatic ring is 1. The minimum absolute atomic E-state index is 0.640. The summed E-state index contributed by atoms with van der Waals surface area (Å²) in [5, 5.41) is 2.08. The normalized spacial score (nSPS) is 9.28. The third kappa shape index (κ3) is 2.70. The van der Waals surface area contributed by atoms with Gasteiger partial charge in [0.15, 0.2) is 23.0 Å². The summed E-state index contributed by atoms with van der Waals surface area (Å²) >= 11 is 1.86. The Morgan fingerprint density at radius 3 is 2.50 bits per heavy atom. The second-order valence-electron chi connectivity index (χ2n) is 3.59. The van der Waals surface area contributed by atoms with E-state index in [1.165, 1.54) is 0 Å². The van der Waals surface area contributed by atoms with Gasteiger partial charge in [0.1, 0.15) is 5.75 Å². The van der Waals surface area contributed by atoms with Crippen LogP contribution in [0.25, 0.3) is 10.8 Å². The van der Waals surface area contributed by atoms with Crippen LogP contribution in [0.1, 0.15) is 25.0 Å². The number of fused-ring (bicyclic) bond motifs is 1. The van der Waals surface area contributed by atoms with Crippen molar-refractivity contribution in [3.05, 3.63) is 35.4 Å². The summed E-state index contributed by atoms with van der Waals surface area (Å²) in [6.45, 7) is 6.00. The average molecular weight is 353 g/mol. The molecule has 18 heavy (non-hydrogen) atoms. The van der Waals surface area contributed by atoms with Crippen molar-refractivity contribution in [2.75, 3.05) is 5.73 Å². The zero-order valence-electron chi connectivity index (χ0n) is 10.8. The summed E-state index contributed by atoms with van der Waals surface area (Å²) < 4.78 is 5.19. The minimum Gasteiger partial charge on any atom is -0.428 e. The highest BCUT2D eigenvalue weighted by Crippen LogP contribution is 2.31. The lowest BCUT2D eigenvalue weighted by atomic mass is 9.98. The Labute approximate surface area is 122 Å². The van der Waals surface area contributed by atoms with Crippen LogP contribution in [0.3, 0.4) is 0 Å². The molecule has 0 heterocycles. The summed E-state index contributed by atoms with van der Waals surface area (Å²) in [6.07, 6.45) is 5.49. The number of hydrogen-bond acceptors (Lipinski definition) is 2. The van der Waals surface area contributed by atoms with Gasteiger partial charge in [0.25, 0.3) is 0 Å². The van der Waals surface area contributed by atoms with Crippen molar-refractivity contribution in [1.82, 2.24) is 0 Å². The molecule has 2 aromatic carbocycles. The van der Waals surface area contributed by atoms with Crippen LogP contribution < -0.4 is 8.80 Å². The molecule has 0 radical (unpaired) electrons. The molecule has 0 aliphatic rings. The third-order valence-electron chi connectivity index (χ3n) is 2.55. The lowest BCUT2D eigenvalue weighted by molar-refractivity contribution is 0.718. The molecule has 0 aliphatic carbocycles. The van der Waals surface area contributed by atoms with E-state index in [9.17, 15) is 0 Å². The molecule has 2 nitrogen and oxygen atoms in total. The van der Waals surface area contributed by atoms with Gasteiger partial charge >= 0.3 is 0 Å². The van der Waals surface area contributed by atoms with Crippen LogP contribution in [-0.2, 0) is 0 Å². The molecular formula is C15H16INO. The molecule has 2 rings (SSSR count). The SMILES string of the molecule is C#Cc1c(N)ccc2cc(OI)cc(C)c12.CC. The Hall–Kier alpha value is -1.41. The van der Waals surface area contributed by atoms with Crippen molar-refractivity contribution in [3.63, 3.8) is 0 Å². The molecular weight excluding hydrogens is 337 g/mol. The number of aryl methyl sites for hydroxylation is 1. The average Bonchev–Trinajstić information content (AvgIpc) is 2.41. The predicted molar refractivity (Wildman–Crippen MR) is 87.0 cm³/mol. The number of rotatable bonds is 1. The van der Waals surface area contributed by atoms with Crippen molar-refractivity contribution in [3.8, 4) is 18.1 Å². The van der Waals surface area contributed by atoms with Crippen LogP contribution in [-0.4, -0.2) is 0 Å². The summed E-state index contributed by atoms with van der Waals surface area (Å²) in [4.78, 5) is 0. The summed E-state index contributed by atoms with van der Waals surface area (Å²) in [7, 11) is 0. The van der Waals surface area contributed by atoms with E-state index in [0.717, 1.165) is 27.6 Å². The molecule has 0 amide bonds. The van der Waals surface area contributed by atoms with Gasteiger partial charge in [-0.25, -0.2) is 0 Å². The van der Waals surface area contributed by atoms with Crippen molar-refractivity contribution in [1.29, 1.82) is 0 Å². The van der Waals surface area contributed by atoms with Gasteiger partial charge in [-0.1, -0.05) is 25.8 Å². The van der Waals surface area contributed by atoms with Gasteiger partial charge in [0.05, 0.1) is 5.56 Å². The second kappa shape index (κ2) is 6.50. The van der Waals surface area contributed by atoms with Crippen LogP contribution >= 0.6 is 23.0 Å². The van der Waals surface area contributed by atoms with Gasteiger partial charge in [0, 0.05) is 11.1 Å². The molecule has 2 N–H and O–H groups in total. The van der Waals surface area contributed by atoms with Gasteiger partial charge in [-0.15, -0.1) is 6.42 Å². The molecule has 0 fully saturated rings. The predicted octanol–water partition coefficient (Wildman–Crippen LogP) is 4.47. The smallest absolute Gasteiger partial charge is 0.192 e. The maximum Gasteiger partial charge on any atom is 0.192 e. The fourth-order valence-electron chi connectivity index (χ4n) is 1.86. The molecule has 0 spiro atoms. The minimum atomic E-state index is 0.640. The van der Waals surface area contributed by atoms with E-state index in [4.69, 9.17) is 15.2 Å². The van der Waals surface area contributed by atoms with E-state index in [-0.39, 0.29) is 0 Å². The fraction of sp³-hybridized carbons (Fsp3) is 0.200. The molecule has 0 unspecified atom stereocenters. The summed E-state index contributed by atoms with van der Waals surface area (Å²) in [5.41, 5.74) is 8.33. The van der Waals surface area contributed by atoms with Crippen LogP contribution in [0.2, 0.25) is 0 Å². The van der Waals surface area contributed by atoms with Gasteiger partial charge in [0.2, 0.25) is 0 Å². The monoisotopic (exact) mass is 353 g/mol. The molecule has 2 aromatic rings. The second-order valence-corrected chi connectivity index (χ2v) is 4.03. The Morgan fingerprint density at radius 2 is 1.94 bits per heavy atom. The maximum absolute atomic E-state index is 5.86. The van der Waals surface area contributed by atoms with Crippen molar-refractivity contribution >= 4 is 39.5 Å². The van der Waals surface area contributed by atoms with Crippen LogP contribution in [0, 0.1) is 19.3 Å². The number of benzene rings is 2. The number of anilines is 1. The molecule has 0 bridgehead atoms. The van der Waals surface area contributed by atoms with Crippen LogP contribution in [0.4, 0.5) is 5.69 Å². The molecule has 3 heteroatoms. The Morgan fingerprint density at radius 1 is 1.28 bits per heavy atom. The van der Waals surface area contributed by atoms with E-state index >= 15 is 0 Å². The zero-order valence-corrected chi connectivity index (χ0v) is 12.9. The van der Waals surface area contributed by atoms with Crippen LogP contribution in [0.5, 0.6) is 5.75 Å². The molecule has 0 aromatic heterocycles. The first-order valence-corrected chi connectivity index (χ1v) is 6.63. The summed E-state index contributed by atoms with van der Waals surface area (Å²) in [5.74, 6) is 3.47. The van der Waals surface area contributed by atoms with Gasteiger partial charge in [-0.2, -0.15) is 0 Å². The highest BCUT2D eigenvalue weighted by Gasteiger charge is 2.07.